The van der Waals surface area contributed by atoms with E-state index in [1.807, 2.05) is 43.6 Å². The van der Waals surface area contributed by atoms with Gasteiger partial charge in [-0.15, -0.1) is 0 Å². The Balaban J connectivity index is 1.56. The first-order chi connectivity index (χ1) is 13.6. The minimum atomic E-state index is -0.390. The number of benzene rings is 1. The predicted octanol–water partition coefficient (Wildman–Crippen LogP) is 1.31. The zero-order valence-electron chi connectivity index (χ0n) is 15.4. The number of carbonyl (C=O) groups excluding carboxylic acids is 1. The third kappa shape index (κ3) is 3.54. The summed E-state index contributed by atoms with van der Waals surface area (Å²) >= 11 is 0. The minimum Gasteiger partial charge on any atom is -0.369 e. The molecule has 4 aromatic rings. The van der Waals surface area contributed by atoms with E-state index in [9.17, 15) is 4.79 Å². The number of para-hydroxylation sites is 1. The highest BCUT2D eigenvalue weighted by molar-refractivity contribution is 5.87. The van der Waals surface area contributed by atoms with E-state index in [1.165, 1.54) is 6.33 Å². The van der Waals surface area contributed by atoms with E-state index in [-0.39, 0.29) is 5.91 Å². The number of nitrogens with zero attached hydrogens (tertiary/aromatic N) is 6. The molecule has 0 saturated heterocycles. The van der Waals surface area contributed by atoms with Gasteiger partial charge >= 0.3 is 0 Å². The van der Waals surface area contributed by atoms with Crippen LogP contribution in [0.2, 0.25) is 0 Å². The van der Waals surface area contributed by atoms with Crippen molar-refractivity contribution >= 4 is 22.8 Å². The quantitative estimate of drug-likeness (QED) is 0.502. The zero-order chi connectivity index (χ0) is 19.5. The van der Waals surface area contributed by atoms with Crippen molar-refractivity contribution in [3.05, 3.63) is 60.8 Å². The SMILES string of the molecule is Cn1cc(CC(CNc2ncnc3c2cnn3-c2ccccc2)C(N)=O)cn1. The Bertz CT molecular complexity index is 1100. The van der Waals surface area contributed by atoms with Gasteiger partial charge in [0.05, 0.1) is 29.4 Å². The second kappa shape index (κ2) is 7.47. The number of hydrogen-bond acceptors (Lipinski definition) is 6. The number of aryl methyl sites for hydroxylation is 1. The van der Waals surface area contributed by atoms with Crippen LogP contribution in [0.25, 0.3) is 16.7 Å². The highest BCUT2D eigenvalue weighted by Crippen LogP contribution is 2.22. The maximum Gasteiger partial charge on any atom is 0.222 e. The van der Waals surface area contributed by atoms with Gasteiger partial charge in [-0.1, -0.05) is 18.2 Å². The van der Waals surface area contributed by atoms with Gasteiger partial charge in [0.2, 0.25) is 5.91 Å². The minimum absolute atomic E-state index is 0.354. The van der Waals surface area contributed by atoms with Crippen LogP contribution >= 0.6 is 0 Å². The summed E-state index contributed by atoms with van der Waals surface area (Å²) in [4.78, 5) is 20.6. The average Bonchev–Trinajstić information content (AvgIpc) is 3.32. The fourth-order valence-electron chi connectivity index (χ4n) is 3.10. The number of amides is 1. The topological polar surface area (TPSA) is 117 Å². The van der Waals surface area contributed by atoms with Crippen molar-refractivity contribution < 1.29 is 4.79 Å². The molecule has 3 aromatic heterocycles. The van der Waals surface area contributed by atoms with Crippen LogP contribution in [0.15, 0.2) is 55.2 Å². The normalized spacial score (nSPS) is 12.2. The van der Waals surface area contributed by atoms with E-state index >= 15 is 0 Å². The lowest BCUT2D eigenvalue weighted by Gasteiger charge is -2.14. The van der Waals surface area contributed by atoms with Crippen LogP contribution in [-0.4, -0.2) is 42.0 Å². The van der Waals surface area contributed by atoms with Gasteiger partial charge < -0.3 is 11.1 Å². The van der Waals surface area contributed by atoms with Crippen LogP contribution in [0.3, 0.4) is 0 Å². The fraction of sp³-hybridized carbons (Fsp3) is 0.211. The lowest BCUT2D eigenvalue weighted by atomic mass is 10.0. The van der Waals surface area contributed by atoms with E-state index < -0.39 is 5.92 Å². The molecule has 0 aliphatic rings. The number of primary amides is 1. The maximum absolute atomic E-state index is 11.9. The summed E-state index contributed by atoms with van der Waals surface area (Å²) in [6.07, 6.45) is 7.32. The zero-order valence-corrected chi connectivity index (χ0v) is 15.4. The first-order valence-corrected chi connectivity index (χ1v) is 8.86. The molecule has 0 radical (unpaired) electrons. The Labute approximate surface area is 161 Å². The molecular weight excluding hydrogens is 356 g/mol. The third-order valence-electron chi connectivity index (χ3n) is 4.53. The highest BCUT2D eigenvalue weighted by atomic mass is 16.1. The molecule has 1 unspecified atom stereocenters. The van der Waals surface area contributed by atoms with E-state index in [0.29, 0.717) is 24.4 Å². The molecule has 0 fully saturated rings. The van der Waals surface area contributed by atoms with Crippen molar-refractivity contribution in [2.45, 2.75) is 6.42 Å². The number of aromatic nitrogens is 6. The largest absolute Gasteiger partial charge is 0.369 e. The Kier molecular flexibility index (Phi) is 4.71. The van der Waals surface area contributed by atoms with Crippen molar-refractivity contribution in [2.75, 3.05) is 11.9 Å². The molecule has 142 valence electrons. The number of carbonyl (C=O) groups is 1. The van der Waals surface area contributed by atoms with Gasteiger partial charge in [-0.25, -0.2) is 14.6 Å². The van der Waals surface area contributed by atoms with Gasteiger partial charge in [0.25, 0.3) is 0 Å². The van der Waals surface area contributed by atoms with Gasteiger partial charge in [0, 0.05) is 19.8 Å². The van der Waals surface area contributed by atoms with Gasteiger partial charge in [0.15, 0.2) is 5.65 Å². The molecule has 28 heavy (non-hydrogen) atoms. The number of nitrogens with one attached hydrogen (secondary N) is 1. The molecule has 0 spiro atoms. The maximum atomic E-state index is 11.9. The molecule has 3 heterocycles. The molecule has 9 heteroatoms. The van der Waals surface area contributed by atoms with Gasteiger partial charge in [-0.3, -0.25) is 9.48 Å². The molecule has 0 aliphatic heterocycles. The van der Waals surface area contributed by atoms with Gasteiger partial charge in [-0.05, 0) is 24.1 Å². The molecule has 0 saturated carbocycles. The molecule has 4 rings (SSSR count). The first-order valence-electron chi connectivity index (χ1n) is 8.86. The summed E-state index contributed by atoms with van der Waals surface area (Å²) in [5, 5.41) is 12.6. The monoisotopic (exact) mass is 376 g/mol. The first kappa shape index (κ1) is 17.7. The summed E-state index contributed by atoms with van der Waals surface area (Å²) in [6, 6.07) is 9.75. The molecule has 1 atom stereocenters. The Morgan fingerprint density at radius 1 is 1.18 bits per heavy atom. The van der Waals surface area contributed by atoms with Crippen molar-refractivity contribution in [2.24, 2.45) is 18.7 Å². The molecule has 1 amide bonds. The average molecular weight is 376 g/mol. The second-order valence-electron chi connectivity index (χ2n) is 6.56. The molecule has 0 aliphatic carbocycles. The van der Waals surface area contributed by atoms with Crippen molar-refractivity contribution in [3.63, 3.8) is 0 Å². The van der Waals surface area contributed by atoms with Crippen molar-refractivity contribution in [3.8, 4) is 5.69 Å². The lowest BCUT2D eigenvalue weighted by molar-refractivity contribution is -0.121. The van der Waals surface area contributed by atoms with Crippen LogP contribution in [0.4, 0.5) is 5.82 Å². The summed E-state index contributed by atoms with van der Waals surface area (Å²) < 4.78 is 3.45. The predicted molar refractivity (Wildman–Crippen MR) is 105 cm³/mol. The summed E-state index contributed by atoms with van der Waals surface area (Å²) in [7, 11) is 1.84. The van der Waals surface area contributed by atoms with E-state index in [2.05, 4.69) is 25.5 Å². The van der Waals surface area contributed by atoms with Gasteiger partial charge in [0.1, 0.15) is 12.1 Å². The Hall–Kier alpha value is -3.75. The number of hydrogen-bond donors (Lipinski definition) is 2. The summed E-state index contributed by atoms with van der Waals surface area (Å²) in [6.45, 7) is 0.354. The van der Waals surface area contributed by atoms with E-state index in [1.54, 1.807) is 21.8 Å². The van der Waals surface area contributed by atoms with Crippen LogP contribution in [0.5, 0.6) is 0 Å². The number of rotatable bonds is 7. The van der Waals surface area contributed by atoms with E-state index in [0.717, 1.165) is 16.6 Å². The molecule has 1 aromatic carbocycles. The number of anilines is 1. The van der Waals surface area contributed by atoms with Crippen LogP contribution in [-0.2, 0) is 18.3 Å². The third-order valence-corrected chi connectivity index (χ3v) is 4.53. The Morgan fingerprint density at radius 3 is 2.71 bits per heavy atom. The van der Waals surface area contributed by atoms with Crippen LogP contribution in [0.1, 0.15) is 5.56 Å². The van der Waals surface area contributed by atoms with Gasteiger partial charge in [-0.2, -0.15) is 10.2 Å². The van der Waals surface area contributed by atoms with E-state index in [4.69, 9.17) is 5.73 Å². The number of fused-ring (bicyclic) bond motifs is 1. The molecule has 9 nitrogen and oxygen atoms in total. The summed E-state index contributed by atoms with van der Waals surface area (Å²) in [5.41, 5.74) is 8.15. The van der Waals surface area contributed by atoms with Crippen molar-refractivity contribution in [1.29, 1.82) is 0 Å². The van der Waals surface area contributed by atoms with Crippen molar-refractivity contribution in [1.82, 2.24) is 29.5 Å². The molecule has 3 N–H and O–H groups in total. The lowest BCUT2D eigenvalue weighted by Crippen LogP contribution is -2.31. The Morgan fingerprint density at radius 2 is 2.00 bits per heavy atom. The summed E-state index contributed by atoms with van der Waals surface area (Å²) in [5.74, 6) is -0.148. The smallest absolute Gasteiger partial charge is 0.222 e. The number of nitrogens with two attached hydrogens (primary N) is 1. The fourth-order valence-corrected chi connectivity index (χ4v) is 3.10. The standard InChI is InChI=1S/C19H20N8O/c1-26-11-13(8-24-26)7-14(17(20)28)9-21-18-16-10-25-27(19(16)23-12-22-18)15-5-3-2-4-6-15/h2-6,8,10-12,14H,7,9H2,1H3,(H2,20,28)(H,21,22,23). The van der Waals surface area contributed by atoms with Crippen LogP contribution < -0.4 is 11.1 Å². The second-order valence-corrected chi connectivity index (χ2v) is 6.56. The van der Waals surface area contributed by atoms with Crippen LogP contribution in [0, 0.1) is 5.92 Å². The highest BCUT2D eigenvalue weighted by Gasteiger charge is 2.18. The molecular formula is C19H20N8O. The molecule has 0 bridgehead atoms.